The van der Waals surface area contributed by atoms with E-state index in [0.717, 1.165) is 0 Å². The first-order valence-corrected chi connectivity index (χ1v) is 9.08. The van der Waals surface area contributed by atoms with Crippen molar-refractivity contribution < 1.29 is 17.2 Å². The van der Waals surface area contributed by atoms with E-state index < -0.39 is 27.7 Å². The normalized spacial score (nSPS) is 19.4. The van der Waals surface area contributed by atoms with Crippen LogP contribution in [0, 0.1) is 18.6 Å². The first-order chi connectivity index (χ1) is 11.4. The molecule has 1 saturated heterocycles. The van der Waals surface area contributed by atoms with Crippen molar-refractivity contribution in [3.05, 3.63) is 65.2 Å². The molecule has 4 nitrogen and oxygen atoms in total. The molecule has 1 heterocycles. The molecular weight excluding hydrogens is 334 g/mol. The molecule has 0 saturated carbocycles. The topological polar surface area (TPSA) is 49.4 Å². The highest BCUT2D eigenvalue weighted by atomic mass is 32.2. The van der Waals surface area contributed by atoms with Crippen LogP contribution in [0.3, 0.4) is 0 Å². The first-order valence-electron chi connectivity index (χ1n) is 7.64. The highest BCUT2D eigenvalue weighted by molar-refractivity contribution is 7.89. The Labute approximate surface area is 140 Å². The monoisotopic (exact) mass is 352 g/mol. The van der Waals surface area contributed by atoms with Crippen LogP contribution in [0.25, 0.3) is 0 Å². The third kappa shape index (κ3) is 3.07. The van der Waals surface area contributed by atoms with E-state index >= 15 is 0 Å². The summed E-state index contributed by atoms with van der Waals surface area (Å²) in [5.41, 5.74) is 0.812. The molecule has 1 N–H and O–H groups in total. The summed E-state index contributed by atoms with van der Waals surface area (Å²) in [6.45, 7) is 2.52. The van der Waals surface area contributed by atoms with Crippen molar-refractivity contribution in [1.29, 1.82) is 0 Å². The summed E-state index contributed by atoms with van der Waals surface area (Å²) in [5, 5.41) is 3.11. The quantitative estimate of drug-likeness (QED) is 0.924. The average Bonchev–Trinajstić information content (AvgIpc) is 2.57. The van der Waals surface area contributed by atoms with Crippen molar-refractivity contribution in [2.45, 2.75) is 17.9 Å². The predicted octanol–water partition coefficient (Wildman–Crippen LogP) is 2.61. The molecule has 1 aliphatic heterocycles. The number of nitrogens with zero attached hydrogens (tertiary/aromatic N) is 1. The first kappa shape index (κ1) is 17.0. The van der Waals surface area contributed by atoms with Gasteiger partial charge < -0.3 is 5.32 Å². The van der Waals surface area contributed by atoms with Gasteiger partial charge in [0.15, 0.2) is 0 Å². The lowest BCUT2D eigenvalue weighted by atomic mass is 10.1. The van der Waals surface area contributed by atoms with Gasteiger partial charge in [0.05, 0.1) is 6.04 Å². The Morgan fingerprint density at radius 1 is 1.17 bits per heavy atom. The zero-order valence-electron chi connectivity index (χ0n) is 13.2. The molecule has 1 aliphatic rings. The van der Waals surface area contributed by atoms with Crippen LogP contribution in [0.4, 0.5) is 8.78 Å². The molecule has 0 bridgehead atoms. The maximum atomic E-state index is 14.4. The number of hydrogen-bond donors (Lipinski definition) is 1. The molecule has 128 valence electrons. The summed E-state index contributed by atoms with van der Waals surface area (Å²) in [5.74, 6) is -1.17. The van der Waals surface area contributed by atoms with Crippen molar-refractivity contribution in [3.8, 4) is 0 Å². The SMILES string of the molecule is Cc1cccc(S(=O)(=O)N2CCNCC2c2cccc(F)c2)c1F. The Hall–Kier alpha value is -1.83. The Morgan fingerprint density at radius 2 is 1.92 bits per heavy atom. The van der Waals surface area contributed by atoms with E-state index in [0.29, 0.717) is 18.7 Å². The summed E-state index contributed by atoms with van der Waals surface area (Å²) in [6, 6.07) is 9.56. The van der Waals surface area contributed by atoms with Crippen LogP contribution in [0.5, 0.6) is 0 Å². The second-order valence-corrected chi connectivity index (χ2v) is 7.64. The number of rotatable bonds is 3. The Morgan fingerprint density at radius 3 is 2.67 bits per heavy atom. The third-order valence-electron chi connectivity index (χ3n) is 4.17. The zero-order chi connectivity index (χ0) is 17.3. The Balaban J connectivity index is 2.05. The highest BCUT2D eigenvalue weighted by Crippen LogP contribution is 2.30. The third-order valence-corrected chi connectivity index (χ3v) is 6.10. The minimum absolute atomic E-state index is 0.191. The molecule has 0 aromatic heterocycles. The molecule has 0 radical (unpaired) electrons. The lowest BCUT2D eigenvalue weighted by Crippen LogP contribution is -2.48. The van der Waals surface area contributed by atoms with Crippen LogP contribution < -0.4 is 5.32 Å². The second-order valence-electron chi connectivity index (χ2n) is 5.78. The number of piperazine rings is 1. The van der Waals surface area contributed by atoms with Gasteiger partial charge in [0.1, 0.15) is 16.5 Å². The maximum absolute atomic E-state index is 14.4. The van der Waals surface area contributed by atoms with E-state index in [4.69, 9.17) is 0 Å². The van der Waals surface area contributed by atoms with Crippen molar-refractivity contribution in [1.82, 2.24) is 9.62 Å². The zero-order valence-corrected chi connectivity index (χ0v) is 14.0. The summed E-state index contributed by atoms with van der Waals surface area (Å²) in [4.78, 5) is -0.342. The van der Waals surface area contributed by atoms with E-state index in [1.54, 1.807) is 6.07 Å². The van der Waals surface area contributed by atoms with Crippen LogP contribution in [0.15, 0.2) is 47.4 Å². The molecule has 3 rings (SSSR count). The molecule has 1 atom stereocenters. The minimum atomic E-state index is -4.03. The molecule has 0 spiro atoms. The van der Waals surface area contributed by atoms with Gasteiger partial charge in [0, 0.05) is 19.6 Å². The van der Waals surface area contributed by atoms with Gasteiger partial charge in [-0.1, -0.05) is 24.3 Å². The van der Waals surface area contributed by atoms with Crippen LogP contribution in [-0.2, 0) is 10.0 Å². The summed E-state index contributed by atoms with van der Waals surface area (Å²) in [6.07, 6.45) is 0. The van der Waals surface area contributed by atoms with Crippen molar-refractivity contribution in [2.75, 3.05) is 19.6 Å². The van der Waals surface area contributed by atoms with Gasteiger partial charge >= 0.3 is 0 Å². The molecule has 7 heteroatoms. The van der Waals surface area contributed by atoms with Gasteiger partial charge in [0.2, 0.25) is 10.0 Å². The molecular formula is C17H18F2N2O2S. The van der Waals surface area contributed by atoms with Gasteiger partial charge in [-0.15, -0.1) is 0 Å². The standard InChI is InChI=1S/C17H18F2N2O2S/c1-12-4-2-7-16(17(12)19)24(22,23)21-9-8-20-11-15(21)13-5-3-6-14(18)10-13/h2-7,10,15,20H,8-9,11H2,1H3. The molecule has 0 aliphatic carbocycles. The number of aryl methyl sites for hydroxylation is 1. The fraction of sp³-hybridized carbons (Fsp3) is 0.294. The molecule has 0 amide bonds. The molecule has 24 heavy (non-hydrogen) atoms. The fourth-order valence-corrected chi connectivity index (χ4v) is 4.67. The summed E-state index contributed by atoms with van der Waals surface area (Å²) >= 11 is 0. The predicted molar refractivity (Wildman–Crippen MR) is 87.0 cm³/mol. The number of nitrogens with one attached hydrogen (secondary N) is 1. The number of halogens is 2. The summed E-state index contributed by atoms with van der Waals surface area (Å²) < 4.78 is 55.1. The lowest BCUT2D eigenvalue weighted by molar-refractivity contribution is 0.270. The summed E-state index contributed by atoms with van der Waals surface area (Å²) in [7, 11) is -4.03. The van der Waals surface area contributed by atoms with E-state index in [1.807, 2.05) is 0 Å². The van der Waals surface area contributed by atoms with E-state index in [9.17, 15) is 17.2 Å². The van der Waals surface area contributed by atoms with E-state index in [2.05, 4.69) is 5.32 Å². The highest BCUT2D eigenvalue weighted by Gasteiger charge is 2.36. The largest absolute Gasteiger partial charge is 0.313 e. The van der Waals surface area contributed by atoms with Crippen molar-refractivity contribution in [2.24, 2.45) is 0 Å². The van der Waals surface area contributed by atoms with Crippen molar-refractivity contribution in [3.63, 3.8) is 0 Å². The second kappa shape index (κ2) is 6.58. The van der Waals surface area contributed by atoms with Gasteiger partial charge in [-0.2, -0.15) is 4.31 Å². The number of hydrogen-bond acceptors (Lipinski definition) is 3. The van der Waals surface area contributed by atoms with Gasteiger partial charge in [-0.25, -0.2) is 17.2 Å². The molecule has 1 fully saturated rings. The van der Waals surface area contributed by atoms with Crippen LogP contribution >= 0.6 is 0 Å². The lowest BCUT2D eigenvalue weighted by Gasteiger charge is -2.35. The Kier molecular flexibility index (Phi) is 4.67. The van der Waals surface area contributed by atoms with E-state index in [-0.39, 0.29) is 17.0 Å². The molecule has 1 unspecified atom stereocenters. The van der Waals surface area contributed by atoms with E-state index in [1.165, 1.54) is 47.6 Å². The molecule has 2 aromatic rings. The van der Waals surface area contributed by atoms with Crippen LogP contribution in [0.2, 0.25) is 0 Å². The Bertz CT molecular complexity index is 855. The average molecular weight is 352 g/mol. The van der Waals surface area contributed by atoms with Crippen LogP contribution in [-0.4, -0.2) is 32.4 Å². The maximum Gasteiger partial charge on any atom is 0.246 e. The minimum Gasteiger partial charge on any atom is -0.313 e. The number of sulfonamides is 1. The van der Waals surface area contributed by atoms with Gasteiger partial charge in [0.25, 0.3) is 0 Å². The van der Waals surface area contributed by atoms with Gasteiger partial charge in [-0.05, 0) is 36.2 Å². The van der Waals surface area contributed by atoms with Crippen molar-refractivity contribution >= 4 is 10.0 Å². The fourth-order valence-electron chi connectivity index (χ4n) is 2.92. The smallest absolute Gasteiger partial charge is 0.246 e. The molecule has 2 aromatic carbocycles. The van der Waals surface area contributed by atoms with Gasteiger partial charge in [-0.3, -0.25) is 0 Å². The number of benzene rings is 2. The van der Waals surface area contributed by atoms with Crippen LogP contribution in [0.1, 0.15) is 17.2 Å².